The highest BCUT2D eigenvalue weighted by molar-refractivity contribution is 7.10. The maximum absolute atomic E-state index is 12.1. The summed E-state index contributed by atoms with van der Waals surface area (Å²) < 4.78 is 0. The predicted molar refractivity (Wildman–Crippen MR) is 77.3 cm³/mol. The maximum Gasteiger partial charge on any atom is 0.252 e. The molecule has 2 nitrogen and oxygen atoms in total. The number of rotatable bonds is 4. The van der Waals surface area contributed by atoms with Crippen LogP contribution in [0.5, 0.6) is 0 Å². The Hall–Kier alpha value is -0.830. The monoisotopic (exact) mass is 265 g/mol. The molecule has 3 heteroatoms. The number of nitrogens with one attached hydrogen (secondary N) is 1. The lowest BCUT2D eigenvalue weighted by atomic mass is 9.88. The Morgan fingerprint density at radius 1 is 1.56 bits per heavy atom. The fourth-order valence-electron chi connectivity index (χ4n) is 2.44. The first-order chi connectivity index (χ1) is 8.58. The first kappa shape index (κ1) is 13.6. The Labute approximate surface area is 114 Å². The van der Waals surface area contributed by atoms with E-state index in [1.165, 1.54) is 16.9 Å². The molecule has 0 aliphatic heterocycles. The van der Waals surface area contributed by atoms with Gasteiger partial charge in [-0.05, 0) is 43.1 Å². The van der Waals surface area contributed by atoms with Gasteiger partial charge >= 0.3 is 0 Å². The molecule has 1 aromatic heterocycles. The van der Waals surface area contributed by atoms with E-state index >= 15 is 0 Å². The van der Waals surface area contributed by atoms with Gasteiger partial charge in [0, 0.05) is 16.8 Å². The van der Waals surface area contributed by atoms with Gasteiger partial charge in [-0.15, -0.1) is 11.3 Å². The molecule has 1 aliphatic carbocycles. The summed E-state index contributed by atoms with van der Waals surface area (Å²) in [6.07, 6.45) is 4.50. The molecule has 0 aromatic carbocycles. The number of thiophene rings is 1. The van der Waals surface area contributed by atoms with Crippen LogP contribution >= 0.6 is 11.3 Å². The highest BCUT2D eigenvalue weighted by Gasteiger charge is 2.22. The second-order valence-corrected chi connectivity index (χ2v) is 6.80. The minimum atomic E-state index is 0.128. The molecule has 1 aliphatic rings. The van der Waals surface area contributed by atoms with Gasteiger partial charge in [-0.3, -0.25) is 4.79 Å². The highest BCUT2D eigenvalue weighted by Crippen LogP contribution is 2.32. The minimum absolute atomic E-state index is 0.128. The average molecular weight is 265 g/mol. The quantitative estimate of drug-likeness (QED) is 0.884. The fraction of sp³-hybridized carbons (Fsp3) is 0.667. The first-order valence-corrected chi connectivity index (χ1v) is 7.83. The van der Waals surface area contributed by atoms with Gasteiger partial charge < -0.3 is 5.32 Å². The zero-order chi connectivity index (χ0) is 13.1. The fourth-order valence-corrected chi connectivity index (χ4v) is 3.68. The van der Waals surface area contributed by atoms with E-state index in [-0.39, 0.29) is 5.91 Å². The van der Waals surface area contributed by atoms with Crippen LogP contribution in [0.1, 0.15) is 54.4 Å². The van der Waals surface area contributed by atoms with Crippen molar-refractivity contribution < 1.29 is 4.79 Å². The Balaban J connectivity index is 1.99. The number of carbonyl (C=O) groups excluding carboxylic acids is 1. The van der Waals surface area contributed by atoms with E-state index in [2.05, 4.69) is 26.1 Å². The van der Waals surface area contributed by atoms with Crippen LogP contribution in [0, 0.1) is 11.8 Å². The Morgan fingerprint density at radius 3 is 3.06 bits per heavy atom. The molecule has 0 radical (unpaired) electrons. The molecule has 1 N–H and O–H groups in total. The number of hydrogen-bond donors (Lipinski definition) is 1. The van der Waals surface area contributed by atoms with E-state index < -0.39 is 0 Å². The van der Waals surface area contributed by atoms with Crippen LogP contribution in [0.15, 0.2) is 5.38 Å². The molecule has 1 amide bonds. The van der Waals surface area contributed by atoms with Gasteiger partial charge in [-0.2, -0.15) is 0 Å². The van der Waals surface area contributed by atoms with Crippen LogP contribution in [-0.2, 0) is 12.8 Å². The normalized spacial score (nSPS) is 18.8. The zero-order valence-corrected chi connectivity index (χ0v) is 12.4. The van der Waals surface area contributed by atoms with Gasteiger partial charge in [0.15, 0.2) is 0 Å². The molecular formula is C15H23NOS. The highest BCUT2D eigenvalue weighted by atomic mass is 32.1. The molecule has 0 saturated heterocycles. The van der Waals surface area contributed by atoms with Gasteiger partial charge in [-0.1, -0.05) is 20.8 Å². The zero-order valence-electron chi connectivity index (χ0n) is 11.6. The van der Waals surface area contributed by atoms with Gasteiger partial charge in [0.05, 0.1) is 5.56 Å². The summed E-state index contributed by atoms with van der Waals surface area (Å²) in [4.78, 5) is 13.6. The lowest BCUT2D eigenvalue weighted by Crippen LogP contribution is -2.26. The smallest absolute Gasteiger partial charge is 0.252 e. The summed E-state index contributed by atoms with van der Waals surface area (Å²) in [6, 6.07) is 0. The molecule has 2 rings (SSSR count). The van der Waals surface area contributed by atoms with Crippen LogP contribution in [-0.4, -0.2) is 12.5 Å². The molecule has 0 saturated carbocycles. The number of amides is 1. The Kier molecular flexibility index (Phi) is 4.44. The summed E-state index contributed by atoms with van der Waals surface area (Å²) in [5.74, 6) is 1.54. The standard InChI is InChI=1S/C15H23NOS/c1-10(2)6-7-16-15(17)13-9-18-14-8-11(3)4-5-12(13)14/h9-11H,4-8H2,1-3H3,(H,16,17)/t11-/m1/s1. The minimum Gasteiger partial charge on any atom is -0.352 e. The van der Waals surface area contributed by atoms with E-state index in [0.29, 0.717) is 5.92 Å². The van der Waals surface area contributed by atoms with Gasteiger partial charge in [0.25, 0.3) is 5.91 Å². The van der Waals surface area contributed by atoms with Crippen LogP contribution in [0.25, 0.3) is 0 Å². The van der Waals surface area contributed by atoms with E-state index in [1.807, 2.05) is 5.38 Å². The van der Waals surface area contributed by atoms with Crippen molar-refractivity contribution in [1.29, 1.82) is 0 Å². The van der Waals surface area contributed by atoms with Gasteiger partial charge in [0.2, 0.25) is 0 Å². The second-order valence-electron chi connectivity index (χ2n) is 5.84. The molecular weight excluding hydrogens is 242 g/mol. The summed E-state index contributed by atoms with van der Waals surface area (Å²) in [5, 5.41) is 5.09. The predicted octanol–water partition coefficient (Wildman–Crippen LogP) is 3.65. The second kappa shape index (κ2) is 5.87. The van der Waals surface area contributed by atoms with Gasteiger partial charge in [-0.25, -0.2) is 0 Å². The van der Waals surface area contributed by atoms with Crippen molar-refractivity contribution in [1.82, 2.24) is 5.32 Å². The van der Waals surface area contributed by atoms with E-state index in [0.717, 1.165) is 37.3 Å². The lowest BCUT2D eigenvalue weighted by Gasteiger charge is -2.18. The molecule has 100 valence electrons. The molecule has 1 heterocycles. The number of hydrogen-bond acceptors (Lipinski definition) is 2. The van der Waals surface area contributed by atoms with Crippen molar-refractivity contribution in [3.63, 3.8) is 0 Å². The molecule has 0 bridgehead atoms. The number of carbonyl (C=O) groups is 1. The van der Waals surface area contributed by atoms with Crippen molar-refractivity contribution in [2.45, 2.75) is 46.5 Å². The molecule has 1 aromatic rings. The lowest BCUT2D eigenvalue weighted by molar-refractivity contribution is 0.0951. The number of fused-ring (bicyclic) bond motifs is 1. The summed E-state index contributed by atoms with van der Waals surface area (Å²) >= 11 is 1.76. The molecule has 18 heavy (non-hydrogen) atoms. The summed E-state index contributed by atoms with van der Waals surface area (Å²) in [6.45, 7) is 7.45. The van der Waals surface area contributed by atoms with Gasteiger partial charge in [0.1, 0.15) is 0 Å². The van der Waals surface area contributed by atoms with E-state index in [4.69, 9.17) is 0 Å². The summed E-state index contributed by atoms with van der Waals surface area (Å²) in [7, 11) is 0. The Morgan fingerprint density at radius 2 is 2.33 bits per heavy atom. The van der Waals surface area contributed by atoms with E-state index in [1.54, 1.807) is 11.3 Å². The summed E-state index contributed by atoms with van der Waals surface area (Å²) in [5.41, 5.74) is 2.26. The molecule has 0 unspecified atom stereocenters. The first-order valence-electron chi connectivity index (χ1n) is 6.95. The maximum atomic E-state index is 12.1. The largest absolute Gasteiger partial charge is 0.352 e. The van der Waals surface area contributed by atoms with Crippen LogP contribution in [0.3, 0.4) is 0 Å². The molecule has 0 fully saturated rings. The molecule has 0 spiro atoms. The SMILES string of the molecule is CC(C)CCNC(=O)c1csc2c1CC[C@@H](C)C2. The third-order valence-electron chi connectivity index (χ3n) is 3.65. The van der Waals surface area contributed by atoms with Crippen LogP contribution in [0.4, 0.5) is 0 Å². The van der Waals surface area contributed by atoms with Crippen LogP contribution in [0.2, 0.25) is 0 Å². The van der Waals surface area contributed by atoms with Crippen LogP contribution < -0.4 is 5.32 Å². The Bertz CT molecular complexity index is 422. The van der Waals surface area contributed by atoms with Crippen molar-refractivity contribution >= 4 is 17.2 Å². The van der Waals surface area contributed by atoms with Crippen molar-refractivity contribution in [2.24, 2.45) is 11.8 Å². The van der Waals surface area contributed by atoms with Crippen molar-refractivity contribution in [3.05, 3.63) is 21.4 Å². The average Bonchev–Trinajstić information content (AvgIpc) is 2.71. The topological polar surface area (TPSA) is 29.1 Å². The van der Waals surface area contributed by atoms with Crippen molar-refractivity contribution in [3.8, 4) is 0 Å². The van der Waals surface area contributed by atoms with Crippen molar-refractivity contribution in [2.75, 3.05) is 6.54 Å². The van der Waals surface area contributed by atoms with E-state index in [9.17, 15) is 4.79 Å². The third kappa shape index (κ3) is 3.14. The molecule has 1 atom stereocenters. The third-order valence-corrected chi connectivity index (χ3v) is 4.70.